The predicted molar refractivity (Wildman–Crippen MR) is 133 cm³/mol. The Morgan fingerprint density at radius 3 is 2.19 bits per heavy atom. The summed E-state index contributed by atoms with van der Waals surface area (Å²) in [4.78, 5) is 63.4. The fourth-order valence-electron chi connectivity index (χ4n) is 3.22. The van der Waals surface area contributed by atoms with Crippen LogP contribution in [-0.2, 0) is 27.4 Å². The van der Waals surface area contributed by atoms with Gasteiger partial charge in [-0.25, -0.2) is 14.2 Å². The number of nitrogens with zero attached hydrogens (tertiary/aromatic N) is 2. The van der Waals surface area contributed by atoms with E-state index in [4.69, 9.17) is 45.3 Å². The third-order valence-corrected chi connectivity index (χ3v) is 6.15. The number of Topliss-reactive ketones (excluding diaryl/α,β-unsaturated/α-hetero) is 1. The monoisotopic (exact) mass is 553 g/mol. The number of esters is 2. The molecule has 10 nitrogen and oxygen atoms in total. The van der Waals surface area contributed by atoms with Crippen LogP contribution in [0.1, 0.15) is 26.3 Å². The molecule has 1 aromatic heterocycles. The van der Waals surface area contributed by atoms with E-state index in [0.717, 1.165) is 11.7 Å². The van der Waals surface area contributed by atoms with Crippen molar-refractivity contribution in [3.63, 3.8) is 0 Å². The molecule has 0 aliphatic heterocycles. The highest BCUT2D eigenvalue weighted by molar-refractivity contribution is 6.46. The number of rotatable bonds is 8. The maximum Gasteiger partial charge on any atom is 0.341 e. The number of ether oxygens (including phenoxy) is 2. The van der Waals surface area contributed by atoms with Crippen molar-refractivity contribution in [1.82, 2.24) is 9.13 Å². The van der Waals surface area contributed by atoms with Crippen LogP contribution in [0.4, 0.5) is 5.82 Å². The van der Waals surface area contributed by atoms with Crippen LogP contribution >= 0.6 is 34.8 Å². The van der Waals surface area contributed by atoms with Crippen molar-refractivity contribution in [3.8, 4) is 0 Å². The molecule has 0 bridgehead atoms. The summed E-state index contributed by atoms with van der Waals surface area (Å²) in [5, 5.41) is -0.224. The summed E-state index contributed by atoms with van der Waals surface area (Å²) in [5.74, 6) is -3.47. The normalized spacial score (nSPS) is 10.7. The number of anilines is 1. The molecule has 2 aromatic carbocycles. The molecule has 0 aliphatic carbocycles. The minimum Gasteiger partial charge on any atom is -0.468 e. The fourth-order valence-corrected chi connectivity index (χ4v) is 3.90. The second kappa shape index (κ2) is 11.4. The SMILES string of the molecule is COC(=O)Cn1c(=O)c(C(=O)COC(=O)c2c(Cl)ccc(Cl)c2Cl)c(N)n(Cc2ccccc2)c1=O. The molecule has 1 heterocycles. The first-order chi connectivity index (χ1) is 17.1. The lowest BCUT2D eigenvalue weighted by atomic mass is 10.1. The molecule has 3 aromatic rings. The molecule has 2 N–H and O–H groups in total. The average molecular weight is 555 g/mol. The van der Waals surface area contributed by atoms with Crippen LogP contribution in [0, 0.1) is 0 Å². The Morgan fingerprint density at radius 1 is 0.917 bits per heavy atom. The Kier molecular flexibility index (Phi) is 8.57. The van der Waals surface area contributed by atoms with Crippen LogP contribution in [0.2, 0.25) is 15.1 Å². The lowest BCUT2D eigenvalue weighted by Gasteiger charge is -2.16. The molecule has 0 saturated carbocycles. The van der Waals surface area contributed by atoms with E-state index < -0.39 is 53.5 Å². The Morgan fingerprint density at radius 2 is 1.56 bits per heavy atom. The number of nitrogens with two attached hydrogens (primary N) is 1. The van der Waals surface area contributed by atoms with Crippen LogP contribution < -0.4 is 17.0 Å². The first-order valence-corrected chi connectivity index (χ1v) is 11.3. The molecular formula is C23H18Cl3N3O7. The van der Waals surface area contributed by atoms with Gasteiger partial charge in [0.15, 0.2) is 6.61 Å². The average Bonchev–Trinajstić information content (AvgIpc) is 2.86. The number of hydrogen-bond donors (Lipinski definition) is 1. The van der Waals surface area contributed by atoms with Gasteiger partial charge in [0.05, 0.1) is 34.3 Å². The molecule has 0 atom stereocenters. The van der Waals surface area contributed by atoms with Crippen molar-refractivity contribution < 1.29 is 23.9 Å². The molecule has 188 valence electrons. The number of halogens is 3. The van der Waals surface area contributed by atoms with Crippen LogP contribution in [0.5, 0.6) is 0 Å². The highest BCUT2D eigenvalue weighted by Gasteiger charge is 2.26. The number of ketones is 1. The molecule has 36 heavy (non-hydrogen) atoms. The number of hydrogen-bond acceptors (Lipinski definition) is 8. The van der Waals surface area contributed by atoms with Crippen molar-refractivity contribution in [3.05, 3.63) is 95.1 Å². The van der Waals surface area contributed by atoms with Crippen LogP contribution in [0.3, 0.4) is 0 Å². The Balaban J connectivity index is 2.02. The van der Waals surface area contributed by atoms with Crippen LogP contribution in [0.25, 0.3) is 0 Å². The van der Waals surface area contributed by atoms with Crippen molar-refractivity contribution in [2.45, 2.75) is 13.1 Å². The highest BCUT2D eigenvalue weighted by Crippen LogP contribution is 2.31. The van der Waals surface area contributed by atoms with Gasteiger partial charge in [-0.15, -0.1) is 0 Å². The molecule has 0 fully saturated rings. The number of benzene rings is 2. The third-order valence-electron chi connectivity index (χ3n) is 5.03. The summed E-state index contributed by atoms with van der Waals surface area (Å²) >= 11 is 17.9. The number of aromatic nitrogens is 2. The second-order valence-corrected chi connectivity index (χ2v) is 8.49. The molecule has 0 aliphatic rings. The molecular weight excluding hydrogens is 537 g/mol. The van der Waals surface area contributed by atoms with Crippen LogP contribution in [0.15, 0.2) is 52.1 Å². The van der Waals surface area contributed by atoms with Gasteiger partial charge in [-0.3, -0.25) is 19.0 Å². The predicted octanol–water partition coefficient (Wildman–Crippen LogP) is 2.81. The van der Waals surface area contributed by atoms with Crippen molar-refractivity contribution in [2.75, 3.05) is 19.5 Å². The third kappa shape index (κ3) is 5.62. The Hall–Kier alpha value is -3.60. The molecule has 0 saturated heterocycles. The van der Waals surface area contributed by atoms with Gasteiger partial charge >= 0.3 is 17.6 Å². The van der Waals surface area contributed by atoms with E-state index in [1.807, 2.05) is 0 Å². The highest BCUT2D eigenvalue weighted by atomic mass is 35.5. The minimum absolute atomic E-state index is 0.0299. The summed E-state index contributed by atoms with van der Waals surface area (Å²) in [7, 11) is 1.07. The van der Waals surface area contributed by atoms with Crippen molar-refractivity contribution in [2.24, 2.45) is 0 Å². The lowest BCUT2D eigenvalue weighted by Crippen LogP contribution is -2.46. The molecule has 0 spiro atoms. The molecule has 13 heteroatoms. The van der Waals surface area contributed by atoms with E-state index in [1.54, 1.807) is 30.3 Å². The minimum atomic E-state index is -1.15. The van der Waals surface area contributed by atoms with Gasteiger partial charge in [0.25, 0.3) is 5.56 Å². The zero-order chi connectivity index (χ0) is 26.6. The van der Waals surface area contributed by atoms with Gasteiger partial charge in [-0.05, 0) is 17.7 Å². The molecule has 3 rings (SSSR count). The van der Waals surface area contributed by atoms with E-state index in [9.17, 15) is 24.0 Å². The Labute approximate surface area is 218 Å². The zero-order valence-electron chi connectivity index (χ0n) is 18.6. The van der Waals surface area contributed by atoms with Crippen molar-refractivity contribution >= 4 is 58.3 Å². The number of methoxy groups -OCH3 is 1. The number of nitrogen functional groups attached to an aromatic ring is 1. The molecule has 0 radical (unpaired) electrons. The molecule has 0 amide bonds. The first-order valence-electron chi connectivity index (χ1n) is 10.1. The summed E-state index contributed by atoms with van der Waals surface area (Å²) < 4.78 is 11.0. The fraction of sp³-hybridized carbons (Fsp3) is 0.174. The van der Waals surface area contributed by atoms with Gasteiger partial charge in [0, 0.05) is 0 Å². The Bertz CT molecular complexity index is 1470. The first kappa shape index (κ1) is 27.0. The van der Waals surface area contributed by atoms with E-state index in [2.05, 4.69) is 4.74 Å². The summed E-state index contributed by atoms with van der Waals surface area (Å²) in [6.07, 6.45) is 0. The lowest BCUT2D eigenvalue weighted by molar-refractivity contribution is -0.141. The van der Waals surface area contributed by atoms with E-state index in [1.165, 1.54) is 12.1 Å². The largest absolute Gasteiger partial charge is 0.468 e. The van der Waals surface area contributed by atoms with Gasteiger partial charge in [0.2, 0.25) is 5.78 Å². The van der Waals surface area contributed by atoms with E-state index in [-0.39, 0.29) is 27.2 Å². The van der Waals surface area contributed by atoms with Crippen LogP contribution in [-0.4, -0.2) is 40.6 Å². The summed E-state index contributed by atoms with van der Waals surface area (Å²) in [6, 6.07) is 11.3. The quantitative estimate of drug-likeness (QED) is 0.255. The number of carbonyl (C=O) groups is 3. The van der Waals surface area contributed by atoms with Crippen molar-refractivity contribution in [1.29, 1.82) is 0 Å². The second-order valence-electron chi connectivity index (χ2n) is 7.30. The van der Waals surface area contributed by atoms with E-state index >= 15 is 0 Å². The summed E-state index contributed by atoms with van der Waals surface area (Å²) in [6.45, 7) is -1.82. The number of carbonyl (C=O) groups excluding carboxylic acids is 3. The molecule has 0 unspecified atom stereocenters. The standard InChI is InChI=1S/C23H18Cl3N3O7/c1-35-16(31)10-29-21(32)18(20(27)28(23(29)34)9-12-5-3-2-4-6-12)15(30)11-36-22(33)17-13(24)7-8-14(25)19(17)26/h2-8H,9-11,27H2,1H3. The smallest absolute Gasteiger partial charge is 0.341 e. The van der Waals surface area contributed by atoms with Gasteiger partial charge in [-0.1, -0.05) is 65.1 Å². The summed E-state index contributed by atoms with van der Waals surface area (Å²) in [5.41, 5.74) is 3.69. The topological polar surface area (TPSA) is 140 Å². The maximum absolute atomic E-state index is 13.0. The van der Waals surface area contributed by atoms with Gasteiger partial charge < -0.3 is 15.2 Å². The van der Waals surface area contributed by atoms with Gasteiger partial charge in [0.1, 0.15) is 17.9 Å². The van der Waals surface area contributed by atoms with Gasteiger partial charge in [-0.2, -0.15) is 0 Å². The van der Waals surface area contributed by atoms with E-state index in [0.29, 0.717) is 10.1 Å². The zero-order valence-corrected chi connectivity index (χ0v) is 20.9. The maximum atomic E-state index is 13.0.